The van der Waals surface area contributed by atoms with Crippen LogP contribution in [0.3, 0.4) is 0 Å². The minimum absolute atomic E-state index is 0.270. The molecule has 108 valence electrons. The fourth-order valence-corrected chi connectivity index (χ4v) is 2.58. The topological polar surface area (TPSA) is 44.7 Å². The van der Waals surface area contributed by atoms with E-state index in [0.29, 0.717) is 6.04 Å². The van der Waals surface area contributed by atoms with E-state index in [9.17, 15) is 0 Å². The molecule has 0 aromatic rings. The molecular formula is C14H30N2O2. The average molecular weight is 258 g/mol. The lowest BCUT2D eigenvalue weighted by Gasteiger charge is -2.30. The number of nitrogens with zero attached hydrogens (tertiary/aromatic N) is 1. The predicted octanol–water partition coefficient (Wildman–Crippen LogP) is 1.10. The number of hydrogen-bond donors (Lipinski definition) is 2. The van der Waals surface area contributed by atoms with E-state index in [1.54, 1.807) is 0 Å². The van der Waals surface area contributed by atoms with Gasteiger partial charge in [-0.05, 0) is 45.2 Å². The molecule has 1 heterocycles. The Balaban J connectivity index is 2.23. The summed E-state index contributed by atoms with van der Waals surface area (Å²) in [5.74, 6) is 0.782. The first-order chi connectivity index (χ1) is 8.76. The molecule has 2 N–H and O–H groups in total. The monoisotopic (exact) mass is 258 g/mol. The fraction of sp³-hybridized carbons (Fsp3) is 1.00. The second-order valence-electron chi connectivity index (χ2n) is 5.44. The Morgan fingerprint density at radius 2 is 2.11 bits per heavy atom. The van der Waals surface area contributed by atoms with Gasteiger partial charge in [-0.1, -0.05) is 6.92 Å². The van der Waals surface area contributed by atoms with Crippen molar-refractivity contribution in [3.8, 4) is 0 Å². The zero-order valence-electron chi connectivity index (χ0n) is 12.0. The van der Waals surface area contributed by atoms with Crippen LogP contribution in [0.15, 0.2) is 0 Å². The molecular weight excluding hydrogens is 228 g/mol. The zero-order valence-corrected chi connectivity index (χ0v) is 12.0. The van der Waals surface area contributed by atoms with Gasteiger partial charge in [-0.2, -0.15) is 0 Å². The van der Waals surface area contributed by atoms with Crippen molar-refractivity contribution in [3.05, 3.63) is 0 Å². The Hall–Kier alpha value is -0.160. The summed E-state index contributed by atoms with van der Waals surface area (Å²) in [6.07, 6.45) is 4.37. The molecule has 1 aliphatic heterocycles. The number of nitrogens with one attached hydrogen (secondary N) is 1. The molecule has 1 unspecified atom stereocenters. The van der Waals surface area contributed by atoms with Gasteiger partial charge < -0.3 is 20.1 Å². The van der Waals surface area contributed by atoms with E-state index in [0.717, 1.165) is 51.6 Å². The first-order valence-corrected chi connectivity index (χ1v) is 7.36. The first kappa shape index (κ1) is 15.9. The van der Waals surface area contributed by atoms with Gasteiger partial charge in [0.2, 0.25) is 0 Å². The van der Waals surface area contributed by atoms with E-state index in [-0.39, 0.29) is 6.61 Å². The van der Waals surface area contributed by atoms with Crippen molar-refractivity contribution in [2.45, 2.75) is 38.6 Å². The number of likely N-dealkylation sites (N-methyl/N-ethyl adjacent to an activating group) is 1. The molecule has 0 saturated carbocycles. The van der Waals surface area contributed by atoms with Gasteiger partial charge >= 0.3 is 0 Å². The third-order valence-corrected chi connectivity index (χ3v) is 3.60. The highest BCUT2D eigenvalue weighted by Crippen LogP contribution is 2.15. The summed E-state index contributed by atoms with van der Waals surface area (Å²) in [4.78, 5) is 2.40. The van der Waals surface area contributed by atoms with Crippen LogP contribution >= 0.6 is 0 Å². The molecule has 0 spiro atoms. The van der Waals surface area contributed by atoms with Crippen molar-refractivity contribution in [1.82, 2.24) is 10.2 Å². The van der Waals surface area contributed by atoms with Crippen molar-refractivity contribution in [2.24, 2.45) is 5.92 Å². The number of ether oxygens (including phenoxy) is 1. The van der Waals surface area contributed by atoms with Gasteiger partial charge in [0, 0.05) is 39.0 Å². The first-order valence-electron chi connectivity index (χ1n) is 7.36. The minimum Gasteiger partial charge on any atom is -0.396 e. The van der Waals surface area contributed by atoms with Crippen LogP contribution in [0.1, 0.15) is 32.6 Å². The summed E-state index contributed by atoms with van der Waals surface area (Å²) < 4.78 is 5.39. The van der Waals surface area contributed by atoms with Crippen molar-refractivity contribution < 1.29 is 9.84 Å². The van der Waals surface area contributed by atoms with E-state index < -0.39 is 0 Å². The van der Waals surface area contributed by atoms with Crippen molar-refractivity contribution in [2.75, 3.05) is 46.5 Å². The second-order valence-corrected chi connectivity index (χ2v) is 5.44. The van der Waals surface area contributed by atoms with Crippen LogP contribution in [0, 0.1) is 5.92 Å². The third-order valence-electron chi connectivity index (χ3n) is 3.60. The molecule has 1 saturated heterocycles. The Kier molecular flexibility index (Phi) is 8.59. The second kappa shape index (κ2) is 9.73. The normalized spacial score (nSPS) is 19.3. The number of aliphatic hydroxyl groups is 1. The van der Waals surface area contributed by atoms with Crippen LogP contribution in [0.4, 0.5) is 0 Å². The van der Waals surface area contributed by atoms with Crippen LogP contribution in [0.25, 0.3) is 0 Å². The lowest BCUT2D eigenvalue weighted by molar-refractivity contribution is 0.0543. The van der Waals surface area contributed by atoms with E-state index in [4.69, 9.17) is 9.84 Å². The van der Waals surface area contributed by atoms with Crippen molar-refractivity contribution >= 4 is 0 Å². The largest absolute Gasteiger partial charge is 0.396 e. The maximum Gasteiger partial charge on any atom is 0.0469 e. The average Bonchev–Trinajstić information content (AvgIpc) is 2.37. The molecule has 1 aliphatic rings. The summed E-state index contributed by atoms with van der Waals surface area (Å²) in [6.45, 7) is 7.51. The summed E-state index contributed by atoms with van der Waals surface area (Å²) in [5, 5.41) is 12.6. The molecule has 0 radical (unpaired) electrons. The molecule has 1 atom stereocenters. The molecule has 18 heavy (non-hydrogen) atoms. The van der Waals surface area contributed by atoms with Crippen LogP contribution in [0.2, 0.25) is 0 Å². The van der Waals surface area contributed by atoms with Gasteiger partial charge in [-0.15, -0.1) is 0 Å². The molecule has 1 fully saturated rings. The molecule has 0 amide bonds. The quantitative estimate of drug-likeness (QED) is 0.650. The van der Waals surface area contributed by atoms with E-state index in [1.807, 2.05) is 0 Å². The SMILES string of the molecule is CCCNC(CCO)CN(C)CC1CCOCC1. The van der Waals surface area contributed by atoms with Gasteiger partial charge in [0.1, 0.15) is 0 Å². The fourth-order valence-electron chi connectivity index (χ4n) is 2.58. The summed E-state index contributed by atoms with van der Waals surface area (Å²) in [7, 11) is 2.19. The number of aliphatic hydroxyl groups excluding tert-OH is 1. The lowest BCUT2D eigenvalue weighted by Crippen LogP contribution is -2.42. The highest BCUT2D eigenvalue weighted by molar-refractivity contribution is 4.73. The smallest absolute Gasteiger partial charge is 0.0469 e. The Labute approximate surface area is 112 Å². The molecule has 4 heteroatoms. The van der Waals surface area contributed by atoms with Crippen molar-refractivity contribution in [3.63, 3.8) is 0 Å². The van der Waals surface area contributed by atoms with Crippen LogP contribution < -0.4 is 5.32 Å². The number of hydrogen-bond acceptors (Lipinski definition) is 4. The Bertz CT molecular complexity index is 196. The summed E-state index contributed by atoms with van der Waals surface area (Å²) >= 11 is 0. The van der Waals surface area contributed by atoms with Crippen LogP contribution in [0.5, 0.6) is 0 Å². The van der Waals surface area contributed by atoms with Gasteiger partial charge in [-0.25, -0.2) is 0 Å². The van der Waals surface area contributed by atoms with Gasteiger partial charge in [0.05, 0.1) is 0 Å². The van der Waals surface area contributed by atoms with Gasteiger partial charge in [-0.3, -0.25) is 0 Å². The van der Waals surface area contributed by atoms with Crippen LogP contribution in [-0.4, -0.2) is 62.6 Å². The molecule has 4 nitrogen and oxygen atoms in total. The van der Waals surface area contributed by atoms with Crippen LogP contribution in [-0.2, 0) is 4.74 Å². The maximum absolute atomic E-state index is 9.10. The molecule has 0 bridgehead atoms. The van der Waals surface area contributed by atoms with Gasteiger partial charge in [0.25, 0.3) is 0 Å². The highest BCUT2D eigenvalue weighted by Gasteiger charge is 2.17. The standard InChI is InChI=1S/C14H30N2O2/c1-3-7-15-14(4-8-17)12-16(2)11-13-5-9-18-10-6-13/h13-15,17H,3-12H2,1-2H3. The Morgan fingerprint density at radius 1 is 1.39 bits per heavy atom. The third kappa shape index (κ3) is 6.69. The van der Waals surface area contributed by atoms with E-state index in [2.05, 4.69) is 24.2 Å². The Morgan fingerprint density at radius 3 is 2.72 bits per heavy atom. The summed E-state index contributed by atoms with van der Waals surface area (Å²) in [6, 6.07) is 0.416. The predicted molar refractivity (Wildman–Crippen MR) is 74.8 cm³/mol. The zero-order chi connectivity index (χ0) is 13.2. The summed E-state index contributed by atoms with van der Waals surface area (Å²) in [5.41, 5.74) is 0. The molecule has 0 aromatic carbocycles. The van der Waals surface area contributed by atoms with Crippen molar-refractivity contribution in [1.29, 1.82) is 0 Å². The lowest BCUT2D eigenvalue weighted by atomic mass is 9.99. The molecule has 1 rings (SSSR count). The minimum atomic E-state index is 0.270. The molecule has 0 aromatic heterocycles. The molecule has 0 aliphatic carbocycles. The van der Waals surface area contributed by atoms with Gasteiger partial charge in [0.15, 0.2) is 0 Å². The maximum atomic E-state index is 9.10. The number of rotatable bonds is 9. The highest BCUT2D eigenvalue weighted by atomic mass is 16.5. The van der Waals surface area contributed by atoms with E-state index >= 15 is 0 Å². The van der Waals surface area contributed by atoms with E-state index in [1.165, 1.54) is 12.8 Å².